The van der Waals surface area contributed by atoms with E-state index in [9.17, 15) is 26.3 Å². The van der Waals surface area contributed by atoms with Crippen LogP contribution in [0.15, 0.2) is 103 Å². The van der Waals surface area contributed by atoms with Crippen molar-refractivity contribution >= 4 is 95.4 Å². The van der Waals surface area contributed by atoms with Crippen molar-refractivity contribution in [3.8, 4) is 0 Å². The van der Waals surface area contributed by atoms with Gasteiger partial charge in [-0.2, -0.15) is 30.6 Å². The van der Waals surface area contributed by atoms with E-state index in [1.54, 1.807) is 0 Å². The smallest absolute Gasteiger partial charge is 0.485 e. The van der Waals surface area contributed by atoms with Crippen molar-refractivity contribution in [2.24, 2.45) is 0 Å². The van der Waals surface area contributed by atoms with Crippen molar-refractivity contribution in [3.63, 3.8) is 0 Å². The van der Waals surface area contributed by atoms with Gasteiger partial charge in [0.25, 0.3) is 0 Å². The molecule has 5 aromatic carbocycles. The first-order valence-corrected chi connectivity index (χ1v) is 24.8. The molecule has 4 heterocycles. The molecule has 1 aromatic heterocycles. The maximum Gasteiger partial charge on any atom is 0.485 e. The van der Waals surface area contributed by atoms with Gasteiger partial charge in [-0.15, -0.1) is 0 Å². The summed E-state index contributed by atoms with van der Waals surface area (Å²) >= 11 is 0. The molecule has 3 aliphatic heterocycles. The lowest BCUT2D eigenvalue weighted by atomic mass is 9.93. The van der Waals surface area contributed by atoms with E-state index in [1.807, 2.05) is 0 Å². The van der Waals surface area contributed by atoms with E-state index in [1.165, 1.54) is 94.2 Å². The number of pyridine rings is 1. The molecule has 0 fully saturated rings. The van der Waals surface area contributed by atoms with E-state index in [0.29, 0.717) is 0 Å². The summed E-state index contributed by atoms with van der Waals surface area (Å²) in [5.41, 5.74) is 0.271. The van der Waals surface area contributed by atoms with Crippen LogP contribution in [0.3, 0.4) is 0 Å². The van der Waals surface area contributed by atoms with Crippen LogP contribution in [0.1, 0.15) is 59.1 Å². The summed E-state index contributed by atoms with van der Waals surface area (Å²) in [6.07, 6.45) is 26.3. The van der Waals surface area contributed by atoms with Crippen LogP contribution in [0.25, 0.3) is 57.6 Å². The minimum Gasteiger partial charge on any atom is -0.741 e. The van der Waals surface area contributed by atoms with Gasteiger partial charge in [-0.25, -0.2) is 21.4 Å². The highest BCUT2D eigenvalue weighted by atomic mass is 32.2. The largest absolute Gasteiger partial charge is 0.741 e. The highest BCUT2D eigenvalue weighted by Crippen LogP contribution is 2.28. The molecule has 0 bridgehead atoms. The van der Waals surface area contributed by atoms with E-state index >= 15 is 0 Å². The van der Waals surface area contributed by atoms with Crippen molar-refractivity contribution < 1.29 is 61.1 Å². The molecule has 3 aliphatic rings. The highest BCUT2D eigenvalue weighted by molar-refractivity contribution is 7.86. The summed E-state index contributed by atoms with van der Waals surface area (Å²) in [7, 11) is -3.81. The average molecular weight is 1000 g/mol. The minimum absolute atomic E-state index is 1.08. The Bertz CT molecular complexity index is 3560. The number of aryl methyl sites for hydroxylation is 1. The Morgan fingerprint density at radius 1 is 0.600 bits per heavy atom. The number of nitrogens with zero attached hydrogens (tertiary/aromatic N) is 4. The van der Waals surface area contributed by atoms with Gasteiger partial charge >= 0.3 is 11.0 Å². The fraction of sp³-hybridized carbons (Fsp3) is 0.231. The van der Waals surface area contributed by atoms with E-state index in [-0.39, 0.29) is 0 Å². The first kappa shape index (κ1) is 51.3. The minimum atomic E-state index is -6.09. The predicted octanol–water partition coefficient (Wildman–Crippen LogP) is 9.50. The summed E-state index contributed by atoms with van der Waals surface area (Å²) in [5.74, 6) is 0. The third-order valence-electron chi connectivity index (χ3n) is 11.9. The molecule has 0 aliphatic carbocycles. The zero-order valence-corrected chi connectivity index (χ0v) is 40.1. The van der Waals surface area contributed by atoms with Crippen molar-refractivity contribution in [1.29, 1.82) is 0 Å². The number of allylic oxidation sites excluding steroid dienone is 1. The molecular weight excluding hydrogens is 955 g/mol. The van der Waals surface area contributed by atoms with Crippen molar-refractivity contribution in [1.82, 2.24) is 0 Å². The Morgan fingerprint density at radius 3 is 1.63 bits per heavy atom. The molecule has 0 radical (unpaired) electrons. The lowest BCUT2D eigenvalue weighted by Gasteiger charge is -2.13. The Kier molecular flexibility index (Phi) is 14.9. The van der Waals surface area contributed by atoms with E-state index in [0.717, 1.165) is 32.2 Å². The molecule has 0 saturated heterocycles. The standard InChI is InChI=1S/C50H48N4.2CHF3O3S/c1-51(2)44-22-20-38-29-35(14-17-40(38)33-44)12-13-37-24-28-54-27-8-10-46-42(19-16-36-15-18-41-34-45(52(3)4)23-21-39(41)30-36)32-43-9-7-26-53-25-6-5-11-47(53)49(43)50(46)48(54)31-37;2*2-1(3,4)8(5,6)7/h8,10,12-25,27-34H,5-7,9,11,26H2,1-4H3;2*(H,5,6,7)/q+2;;/p-2/b13-12+;;. The van der Waals surface area contributed by atoms with Gasteiger partial charge in [-0.1, -0.05) is 66.8 Å². The zero-order valence-electron chi connectivity index (χ0n) is 38.4. The molecular formula is C52H48F6N4O6S2. The molecule has 0 unspecified atom stereocenters. The van der Waals surface area contributed by atoms with Crippen LogP contribution in [0.4, 0.5) is 37.7 Å². The van der Waals surface area contributed by atoms with Crippen LogP contribution in [0.2, 0.25) is 0 Å². The van der Waals surface area contributed by atoms with E-state index < -0.39 is 31.3 Å². The molecule has 0 saturated carbocycles. The number of alkyl halides is 6. The lowest BCUT2D eigenvalue weighted by Crippen LogP contribution is -2.27. The summed E-state index contributed by atoms with van der Waals surface area (Å²) < 4.78 is 123. The van der Waals surface area contributed by atoms with E-state index in [4.69, 9.17) is 25.9 Å². The van der Waals surface area contributed by atoms with Gasteiger partial charge in [0.2, 0.25) is 5.35 Å². The fourth-order valence-corrected chi connectivity index (χ4v) is 8.43. The average Bonchev–Trinajstić information content (AvgIpc) is 3.60. The molecule has 366 valence electrons. The first-order chi connectivity index (χ1) is 32.9. The normalized spacial score (nSPS) is 14.7. The van der Waals surface area contributed by atoms with Crippen LogP contribution in [0, 0.1) is 16.8 Å². The van der Waals surface area contributed by atoms with Gasteiger partial charge in [0.15, 0.2) is 38.3 Å². The van der Waals surface area contributed by atoms with Crippen LogP contribution in [0.5, 0.6) is 0 Å². The Labute approximate surface area is 401 Å². The zero-order chi connectivity index (χ0) is 50.8. The molecule has 0 spiro atoms. The molecule has 9 rings (SSSR count). The predicted molar refractivity (Wildman–Crippen MR) is 262 cm³/mol. The van der Waals surface area contributed by atoms with Crippen molar-refractivity contribution in [2.75, 3.05) is 44.5 Å². The quantitative estimate of drug-likeness (QED) is 0.0531. The van der Waals surface area contributed by atoms with Gasteiger partial charge in [-0.05, 0) is 110 Å². The Hall–Kier alpha value is -6.60. The SMILES string of the molecule is CN(C)c1ccc2cc(/C=C/c3cc[n+]4c(c3)=c3c(c(/C=C/c5ccc6cc(N(C)C)ccc6c5)cc5c3=C3CCCC=[N+]3CCC5)C=CC=4)ccc2c1.O=S(=O)([O-])C(F)(F)F.O=S(=O)([O-])C(F)(F)F. The number of anilines is 2. The molecule has 70 heavy (non-hydrogen) atoms. The number of rotatable bonds is 6. The number of hydrogen-bond acceptors (Lipinski definition) is 8. The third-order valence-corrected chi connectivity index (χ3v) is 13.1. The van der Waals surface area contributed by atoms with Crippen LogP contribution in [-0.4, -0.2) is 82.5 Å². The summed E-state index contributed by atoms with van der Waals surface area (Å²) in [5, 5.41) is 9.07. The second-order valence-electron chi connectivity index (χ2n) is 17.2. The molecule has 18 heteroatoms. The van der Waals surface area contributed by atoms with E-state index in [2.05, 4.69) is 193 Å². The Balaban J connectivity index is 0.000000390. The number of fused-ring (bicyclic) bond motifs is 7. The van der Waals surface area contributed by atoms with Crippen LogP contribution in [-0.2, 0) is 26.7 Å². The molecule has 0 N–H and O–H groups in total. The first-order valence-electron chi connectivity index (χ1n) is 21.9. The van der Waals surface area contributed by atoms with Gasteiger partial charge < -0.3 is 18.9 Å². The van der Waals surface area contributed by atoms with Gasteiger partial charge in [0.1, 0.15) is 12.8 Å². The fourth-order valence-electron chi connectivity index (χ4n) is 8.43. The Morgan fingerprint density at radius 2 is 1.10 bits per heavy atom. The van der Waals surface area contributed by atoms with Crippen LogP contribution >= 0.6 is 0 Å². The topological polar surface area (TPSA) is 130 Å². The third kappa shape index (κ3) is 11.9. The maximum atomic E-state index is 10.7. The van der Waals surface area contributed by atoms with Crippen LogP contribution < -0.4 is 19.3 Å². The molecule has 0 amide bonds. The number of aromatic nitrogens is 1. The summed E-state index contributed by atoms with van der Waals surface area (Å²) in [6.45, 7) is 1.09. The lowest BCUT2D eigenvalue weighted by molar-refractivity contribution is -0.518. The number of benzene rings is 5. The van der Waals surface area contributed by atoms with Gasteiger partial charge in [0, 0.05) is 77.0 Å². The highest BCUT2D eigenvalue weighted by Gasteiger charge is 2.37. The van der Waals surface area contributed by atoms with Gasteiger partial charge in [0.05, 0.1) is 10.4 Å². The second-order valence-corrected chi connectivity index (χ2v) is 19.9. The molecule has 10 nitrogen and oxygen atoms in total. The van der Waals surface area contributed by atoms with Gasteiger partial charge in [-0.3, -0.25) is 0 Å². The number of hydrogen-bond donors (Lipinski definition) is 0. The molecule has 0 atom stereocenters. The maximum absolute atomic E-state index is 10.7. The number of halogens is 6. The van der Waals surface area contributed by atoms with Crippen molar-refractivity contribution in [3.05, 3.63) is 159 Å². The van der Waals surface area contributed by atoms with Crippen molar-refractivity contribution in [2.45, 2.75) is 43.1 Å². The second kappa shape index (κ2) is 20.4. The molecule has 6 aromatic rings. The monoisotopic (exact) mass is 1000 g/mol. The summed E-state index contributed by atoms with van der Waals surface area (Å²) in [6, 6.07) is 34.1. The summed E-state index contributed by atoms with van der Waals surface area (Å²) in [4.78, 5) is 4.31.